The van der Waals surface area contributed by atoms with Crippen LogP contribution in [0.3, 0.4) is 0 Å². The van der Waals surface area contributed by atoms with Gasteiger partial charge in [0.2, 0.25) is 0 Å². The van der Waals surface area contributed by atoms with Crippen molar-refractivity contribution in [1.82, 2.24) is 0 Å². The van der Waals surface area contributed by atoms with Gasteiger partial charge in [0.15, 0.2) is 0 Å². The Balaban J connectivity index is -0.00000000500. The average molecular weight is 131 g/mol. The van der Waals surface area contributed by atoms with Gasteiger partial charge in [0, 0.05) is 0 Å². The molecule has 2 nitrogen and oxygen atoms in total. The summed E-state index contributed by atoms with van der Waals surface area (Å²) in [7, 11) is 0. The van der Waals surface area contributed by atoms with E-state index in [0.29, 0.717) is 0 Å². The van der Waals surface area contributed by atoms with Gasteiger partial charge in [0.1, 0.15) is 0 Å². The first-order chi connectivity index (χ1) is 2.00. The molecule has 0 atom stereocenters. The standard InChI is InChI=1S/2CN.Ca.K/c2*1-2;;/q2*-1;+2;+1. The van der Waals surface area contributed by atoms with Crippen LogP contribution >= 0.6 is 0 Å². The molecule has 0 rings (SSSR count). The molecule has 0 aliphatic heterocycles. The van der Waals surface area contributed by atoms with E-state index in [4.69, 9.17) is 23.7 Å². The topological polar surface area (TPSA) is 47.6 Å². The van der Waals surface area contributed by atoms with Gasteiger partial charge < -0.3 is 23.7 Å². The van der Waals surface area contributed by atoms with Crippen molar-refractivity contribution in [3.63, 3.8) is 0 Å². The summed E-state index contributed by atoms with van der Waals surface area (Å²) >= 11 is 0. The Kier molecular flexibility index (Phi) is 279. The minimum Gasteiger partial charge on any atom is -0.512 e. The van der Waals surface area contributed by atoms with Crippen LogP contribution in [0.4, 0.5) is 0 Å². The predicted molar refractivity (Wildman–Crippen MR) is 15.7 cm³/mol. The molecular weight excluding hydrogens is 131 g/mol. The Bertz CT molecular complexity index is 27.0. The molecule has 0 N–H and O–H groups in total. The molecule has 4 heteroatoms. The number of hydrogen-bond acceptors (Lipinski definition) is 2. The first-order valence-electron chi connectivity index (χ1n) is 0.447. The molecule has 6 heavy (non-hydrogen) atoms. The van der Waals surface area contributed by atoms with Gasteiger partial charge in [-0.1, -0.05) is 0 Å². The maximum Gasteiger partial charge on any atom is 2.00 e. The van der Waals surface area contributed by atoms with E-state index in [9.17, 15) is 0 Å². The monoisotopic (exact) mass is 131 g/mol. The Labute approximate surface area is 110 Å². The Hall–Kier alpha value is 1.88. The van der Waals surface area contributed by atoms with Gasteiger partial charge in [0.25, 0.3) is 0 Å². The molecule has 0 aliphatic carbocycles. The van der Waals surface area contributed by atoms with Crippen LogP contribution in [0, 0.1) is 23.7 Å². The molecule has 0 spiro atoms. The van der Waals surface area contributed by atoms with Crippen LogP contribution in [0.5, 0.6) is 0 Å². The molecule has 0 fully saturated rings. The maximum atomic E-state index is 6.25. The fraction of sp³-hybridized carbons (Fsp3) is 0. The molecule has 0 radical (unpaired) electrons. The first-order valence-corrected chi connectivity index (χ1v) is 0.447. The fourth-order valence-corrected chi connectivity index (χ4v) is 0. The van der Waals surface area contributed by atoms with Crippen LogP contribution in [0.1, 0.15) is 0 Å². The molecule has 0 unspecified atom stereocenters. The molecule has 0 bridgehead atoms. The summed E-state index contributed by atoms with van der Waals surface area (Å²) in [5.41, 5.74) is 0. The van der Waals surface area contributed by atoms with E-state index in [-0.39, 0.29) is 89.1 Å². The summed E-state index contributed by atoms with van der Waals surface area (Å²) < 4.78 is 0. The van der Waals surface area contributed by atoms with Crippen molar-refractivity contribution >= 4 is 37.7 Å². The van der Waals surface area contributed by atoms with Gasteiger partial charge in [-0.2, -0.15) is 0 Å². The van der Waals surface area contributed by atoms with E-state index in [1.807, 2.05) is 0 Å². The molecule has 0 aliphatic rings. The maximum absolute atomic E-state index is 6.25. The number of nitrogens with zero attached hydrogens (tertiary/aromatic N) is 2. The Morgan fingerprint density at radius 1 is 0.833 bits per heavy atom. The van der Waals surface area contributed by atoms with Crippen molar-refractivity contribution in [3.05, 3.63) is 13.1 Å². The minimum atomic E-state index is 0. The van der Waals surface area contributed by atoms with Crippen LogP contribution in [-0.4, -0.2) is 37.7 Å². The zero-order chi connectivity index (χ0) is 4.00. The SMILES string of the molecule is [C-]#N.[C-]#N.[Ca+2].[K+]. The van der Waals surface area contributed by atoms with E-state index in [1.54, 1.807) is 0 Å². The zero-order valence-corrected chi connectivity index (χ0v) is 8.93. The fourth-order valence-electron chi connectivity index (χ4n) is 0. The van der Waals surface area contributed by atoms with E-state index >= 15 is 0 Å². The van der Waals surface area contributed by atoms with Gasteiger partial charge in [0.05, 0.1) is 0 Å². The van der Waals surface area contributed by atoms with Crippen LogP contribution in [-0.2, 0) is 0 Å². The molecule has 0 heterocycles. The summed E-state index contributed by atoms with van der Waals surface area (Å²) in [5, 5.41) is 12.5. The van der Waals surface area contributed by atoms with E-state index in [1.165, 1.54) is 0 Å². The summed E-state index contributed by atoms with van der Waals surface area (Å²) in [6.07, 6.45) is 0. The quantitative estimate of drug-likeness (QED) is 0.257. The first kappa shape index (κ1) is 24.8. The van der Waals surface area contributed by atoms with Crippen LogP contribution < -0.4 is 51.4 Å². The van der Waals surface area contributed by atoms with Crippen molar-refractivity contribution in [1.29, 1.82) is 10.5 Å². The van der Waals surface area contributed by atoms with Crippen molar-refractivity contribution in [3.8, 4) is 0 Å². The molecule has 0 saturated carbocycles. The third-order valence-corrected chi connectivity index (χ3v) is 0. The second-order valence-corrected chi connectivity index (χ2v) is 0. The van der Waals surface area contributed by atoms with Crippen LogP contribution in [0.15, 0.2) is 0 Å². The number of hydrogen-bond donors (Lipinski definition) is 0. The van der Waals surface area contributed by atoms with Crippen LogP contribution in [0.2, 0.25) is 0 Å². The summed E-state index contributed by atoms with van der Waals surface area (Å²) in [4.78, 5) is 0. The normalized spacial score (nSPS) is 0.667. The van der Waals surface area contributed by atoms with Gasteiger partial charge in [-0.25, -0.2) is 0 Å². The third kappa shape index (κ3) is 39.7. The van der Waals surface area contributed by atoms with Gasteiger partial charge in [-0.05, 0) is 0 Å². The smallest absolute Gasteiger partial charge is 0.512 e. The largest absolute Gasteiger partial charge is 2.00 e. The van der Waals surface area contributed by atoms with Crippen molar-refractivity contribution in [2.24, 2.45) is 0 Å². The molecule has 0 aromatic rings. The Morgan fingerprint density at radius 2 is 0.833 bits per heavy atom. The summed E-state index contributed by atoms with van der Waals surface area (Å²) in [6, 6.07) is 0. The Morgan fingerprint density at radius 3 is 0.833 bits per heavy atom. The van der Waals surface area contributed by atoms with Crippen molar-refractivity contribution < 1.29 is 51.4 Å². The minimum absolute atomic E-state index is 0. The van der Waals surface area contributed by atoms with Gasteiger partial charge in [-0.15, -0.1) is 0 Å². The summed E-state index contributed by atoms with van der Waals surface area (Å²) in [5.74, 6) is 0. The van der Waals surface area contributed by atoms with Gasteiger partial charge >= 0.3 is 89.1 Å². The second kappa shape index (κ2) is 67.5. The van der Waals surface area contributed by atoms with E-state index in [0.717, 1.165) is 0 Å². The molecule has 0 amide bonds. The molecular formula is C2CaKN2+. The summed E-state index contributed by atoms with van der Waals surface area (Å²) in [6.45, 7) is 9.50. The van der Waals surface area contributed by atoms with E-state index in [2.05, 4.69) is 0 Å². The number of rotatable bonds is 0. The molecule has 0 aromatic carbocycles. The molecule has 20 valence electrons. The average Bonchev–Trinajstić information content (AvgIpc) is 1.50. The van der Waals surface area contributed by atoms with E-state index < -0.39 is 0 Å². The third-order valence-electron chi connectivity index (χ3n) is 0. The molecule has 0 saturated heterocycles. The predicted octanol–water partition coefficient (Wildman–Crippen LogP) is -3.18. The van der Waals surface area contributed by atoms with Crippen molar-refractivity contribution in [2.75, 3.05) is 0 Å². The van der Waals surface area contributed by atoms with Crippen LogP contribution in [0.25, 0.3) is 0 Å². The zero-order valence-electron chi connectivity index (χ0n) is 3.60. The van der Waals surface area contributed by atoms with Crippen molar-refractivity contribution in [2.45, 2.75) is 0 Å². The van der Waals surface area contributed by atoms with Gasteiger partial charge in [-0.3, -0.25) is 0 Å². The molecule has 0 aromatic heterocycles. The second-order valence-electron chi connectivity index (χ2n) is 0.